The van der Waals surface area contributed by atoms with Crippen LogP contribution in [0, 0.1) is 15.9 Å². The standard InChI is InChI=1S/C13H16FN3O3.ClH/c1-15-10-4-6-16(7-5-10)13(18)11-3-2-9(14)8-12(11)17(19)20;/h2-3,8,10,15H,4-7H2,1H3;1H. The van der Waals surface area contributed by atoms with E-state index in [1.807, 2.05) is 7.05 Å². The SMILES string of the molecule is CNC1CCN(C(=O)c2ccc(F)cc2[N+](=O)[O-])CC1.Cl. The first-order valence-electron chi connectivity index (χ1n) is 6.43. The molecule has 1 N–H and O–H groups in total. The quantitative estimate of drug-likeness (QED) is 0.683. The van der Waals surface area contributed by atoms with Crippen molar-refractivity contribution in [3.63, 3.8) is 0 Å². The average Bonchev–Trinajstić information content (AvgIpc) is 2.46. The van der Waals surface area contributed by atoms with Gasteiger partial charge in [0.1, 0.15) is 11.4 Å². The maximum absolute atomic E-state index is 13.1. The number of halogens is 2. The number of nitro groups is 1. The van der Waals surface area contributed by atoms with Gasteiger partial charge in [-0.15, -0.1) is 12.4 Å². The summed E-state index contributed by atoms with van der Waals surface area (Å²) < 4.78 is 13.1. The van der Waals surface area contributed by atoms with Crippen LogP contribution < -0.4 is 5.32 Å². The zero-order chi connectivity index (χ0) is 14.7. The van der Waals surface area contributed by atoms with Crippen molar-refractivity contribution in [2.24, 2.45) is 0 Å². The number of carbonyl (C=O) groups is 1. The summed E-state index contributed by atoms with van der Waals surface area (Å²) in [4.78, 5) is 24.1. The number of carbonyl (C=O) groups excluding carboxylic acids is 1. The van der Waals surface area contributed by atoms with Crippen LogP contribution in [0.5, 0.6) is 0 Å². The second-order valence-corrected chi connectivity index (χ2v) is 4.77. The molecule has 1 fully saturated rings. The van der Waals surface area contributed by atoms with Crippen molar-refractivity contribution in [2.45, 2.75) is 18.9 Å². The normalized spacial score (nSPS) is 15.4. The Labute approximate surface area is 127 Å². The molecule has 1 aliphatic rings. The van der Waals surface area contributed by atoms with Crippen molar-refractivity contribution in [3.8, 4) is 0 Å². The van der Waals surface area contributed by atoms with Gasteiger partial charge in [0.15, 0.2) is 0 Å². The Hall–Kier alpha value is -1.73. The van der Waals surface area contributed by atoms with Crippen LogP contribution in [0.2, 0.25) is 0 Å². The smallest absolute Gasteiger partial charge is 0.285 e. The zero-order valence-corrected chi connectivity index (χ0v) is 12.4. The molecule has 0 aliphatic carbocycles. The van der Waals surface area contributed by atoms with Crippen molar-refractivity contribution in [2.75, 3.05) is 20.1 Å². The minimum absolute atomic E-state index is 0. The predicted octanol–water partition coefficient (Wildman–Crippen LogP) is 1.98. The van der Waals surface area contributed by atoms with Crippen LogP contribution in [0.1, 0.15) is 23.2 Å². The van der Waals surface area contributed by atoms with Crippen molar-refractivity contribution in [1.29, 1.82) is 0 Å². The summed E-state index contributed by atoms with van der Waals surface area (Å²) in [6.07, 6.45) is 1.61. The molecular weight excluding hydrogens is 301 g/mol. The fraction of sp³-hybridized carbons (Fsp3) is 0.462. The Bertz CT molecular complexity index is 533. The van der Waals surface area contributed by atoms with Gasteiger partial charge in [0.25, 0.3) is 11.6 Å². The third-order valence-corrected chi connectivity index (χ3v) is 3.58. The van der Waals surface area contributed by atoms with Crippen LogP contribution in [0.25, 0.3) is 0 Å². The molecule has 21 heavy (non-hydrogen) atoms. The summed E-state index contributed by atoms with van der Waals surface area (Å²) in [5.74, 6) is -1.13. The lowest BCUT2D eigenvalue weighted by Crippen LogP contribution is -2.44. The summed E-state index contributed by atoms with van der Waals surface area (Å²) in [6.45, 7) is 1.08. The van der Waals surface area contributed by atoms with E-state index in [0.717, 1.165) is 25.0 Å². The molecule has 1 saturated heterocycles. The maximum Gasteiger partial charge on any atom is 0.285 e. The molecule has 0 aromatic heterocycles. The average molecular weight is 318 g/mol. The lowest BCUT2D eigenvalue weighted by molar-refractivity contribution is -0.385. The van der Waals surface area contributed by atoms with E-state index in [0.29, 0.717) is 19.1 Å². The van der Waals surface area contributed by atoms with Crippen LogP contribution in [0.15, 0.2) is 18.2 Å². The van der Waals surface area contributed by atoms with E-state index in [-0.39, 0.29) is 18.0 Å². The van der Waals surface area contributed by atoms with Crippen LogP contribution in [0.3, 0.4) is 0 Å². The van der Waals surface area contributed by atoms with Gasteiger partial charge in [-0.2, -0.15) is 0 Å². The lowest BCUT2D eigenvalue weighted by Gasteiger charge is -2.31. The van der Waals surface area contributed by atoms with Gasteiger partial charge in [-0.3, -0.25) is 14.9 Å². The van der Waals surface area contributed by atoms with E-state index in [9.17, 15) is 19.3 Å². The highest BCUT2D eigenvalue weighted by atomic mass is 35.5. The molecule has 0 atom stereocenters. The fourth-order valence-corrected chi connectivity index (χ4v) is 2.38. The summed E-state index contributed by atoms with van der Waals surface area (Å²) in [5, 5.41) is 14.1. The van der Waals surface area contributed by atoms with E-state index in [2.05, 4.69) is 5.32 Å². The van der Waals surface area contributed by atoms with E-state index >= 15 is 0 Å². The molecule has 116 valence electrons. The molecular formula is C13H17ClFN3O3. The Morgan fingerprint density at radius 2 is 2.05 bits per heavy atom. The van der Waals surface area contributed by atoms with Crippen LogP contribution in [0.4, 0.5) is 10.1 Å². The largest absolute Gasteiger partial charge is 0.338 e. The highest BCUT2D eigenvalue weighted by molar-refractivity contribution is 5.98. The molecule has 8 heteroatoms. The van der Waals surface area contributed by atoms with Gasteiger partial charge >= 0.3 is 0 Å². The number of nitrogens with one attached hydrogen (secondary N) is 1. The molecule has 1 aliphatic heterocycles. The number of amides is 1. The van der Waals surface area contributed by atoms with Gasteiger partial charge in [-0.1, -0.05) is 0 Å². The van der Waals surface area contributed by atoms with Crippen LogP contribution >= 0.6 is 12.4 Å². The van der Waals surface area contributed by atoms with Gasteiger partial charge in [0, 0.05) is 19.1 Å². The topological polar surface area (TPSA) is 75.5 Å². The molecule has 0 spiro atoms. The first-order valence-corrected chi connectivity index (χ1v) is 6.43. The molecule has 0 saturated carbocycles. The number of benzene rings is 1. The fourth-order valence-electron chi connectivity index (χ4n) is 2.38. The lowest BCUT2D eigenvalue weighted by atomic mass is 10.0. The number of hydrogen-bond donors (Lipinski definition) is 1. The van der Waals surface area contributed by atoms with Gasteiger partial charge in [-0.25, -0.2) is 4.39 Å². The Morgan fingerprint density at radius 1 is 1.43 bits per heavy atom. The van der Waals surface area contributed by atoms with Gasteiger partial charge in [0.05, 0.1) is 11.0 Å². The molecule has 1 heterocycles. The van der Waals surface area contributed by atoms with E-state index in [1.54, 1.807) is 4.90 Å². The van der Waals surface area contributed by atoms with Crippen molar-refractivity contribution in [1.82, 2.24) is 10.2 Å². The third-order valence-electron chi connectivity index (χ3n) is 3.58. The molecule has 0 unspecified atom stereocenters. The molecule has 1 aromatic carbocycles. The summed E-state index contributed by atoms with van der Waals surface area (Å²) in [6, 6.07) is 3.40. The highest BCUT2D eigenvalue weighted by Crippen LogP contribution is 2.23. The molecule has 1 amide bonds. The maximum atomic E-state index is 13.1. The minimum atomic E-state index is -0.726. The number of nitro benzene ring substituents is 1. The van der Waals surface area contributed by atoms with Gasteiger partial charge in [0.2, 0.25) is 0 Å². The zero-order valence-electron chi connectivity index (χ0n) is 11.5. The molecule has 0 radical (unpaired) electrons. The molecule has 2 rings (SSSR count). The number of nitrogens with zero attached hydrogens (tertiary/aromatic N) is 2. The molecule has 1 aromatic rings. The van der Waals surface area contributed by atoms with Gasteiger partial charge in [-0.05, 0) is 32.0 Å². The highest BCUT2D eigenvalue weighted by Gasteiger charge is 2.28. The number of rotatable bonds is 3. The van der Waals surface area contributed by atoms with E-state index in [1.165, 1.54) is 6.07 Å². The van der Waals surface area contributed by atoms with Crippen LogP contribution in [-0.2, 0) is 0 Å². The first kappa shape index (κ1) is 17.3. The van der Waals surface area contributed by atoms with Crippen molar-refractivity contribution < 1.29 is 14.1 Å². The minimum Gasteiger partial charge on any atom is -0.338 e. The molecule has 6 nitrogen and oxygen atoms in total. The van der Waals surface area contributed by atoms with E-state index in [4.69, 9.17) is 0 Å². The Kier molecular flexibility index (Phi) is 6.04. The first-order chi connectivity index (χ1) is 9.52. The third kappa shape index (κ3) is 3.89. The summed E-state index contributed by atoms with van der Waals surface area (Å²) in [7, 11) is 1.87. The summed E-state index contributed by atoms with van der Waals surface area (Å²) >= 11 is 0. The second-order valence-electron chi connectivity index (χ2n) is 4.77. The van der Waals surface area contributed by atoms with Gasteiger partial charge < -0.3 is 10.2 Å². The summed E-state index contributed by atoms with van der Waals surface area (Å²) in [5.41, 5.74) is -0.537. The Morgan fingerprint density at radius 3 is 2.57 bits per heavy atom. The number of hydrogen-bond acceptors (Lipinski definition) is 4. The second kappa shape index (κ2) is 7.33. The monoisotopic (exact) mass is 317 g/mol. The number of likely N-dealkylation sites (tertiary alicyclic amines) is 1. The Balaban J connectivity index is 0.00000220. The predicted molar refractivity (Wildman–Crippen MR) is 78.3 cm³/mol. The van der Waals surface area contributed by atoms with Crippen molar-refractivity contribution in [3.05, 3.63) is 39.7 Å². The molecule has 0 bridgehead atoms. The van der Waals surface area contributed by atoms with Crippen LogP contribution in [-0.4, -0.2) is 41.9 Å². The number of piperidine rings is 1. The van der Waals surface area contributed by atoms with Crippen molar-refractivity contribution >= 4 is 24.0 Å². The van der Waals surface area contributed by atoms with E-state index < -0.39 is 22.3 Å².